The van der Waals surface area contributed by atoms with Crippen LogP contribution in [-0.4, -0.2) is 22.8 Å². The molecule has 0 fully saturated rings. The van der Waals surface area contributed by atoms with Crippen LogP contribution >= 0.6 is 12.2 Å². The van der Waals surface area contributed by atoms with Crippen LogP contribution in [-0.2, 0) is 9.47 Å². The van der Waals surface area contributed by atoms with Crippen molar-refractivity contribution in [1.82, 2.24) is 5.43 Å². The van der Waals surface area contributed by atoms with Crippen molar-refractivity contribution in [2.45, 2.75) is 26.4 Å². The summed E-state index contributed by atoms with van der Waals surface area (Å²) >= 11 is 4.63. The summed E-state index contributed by atoms with van der Waals surface area (Å²) < 4.78 is 9.46. The molecule has 4 N–H and O–H groups in total. The van der Waals surface area contributed by atoms with Crippen LogP contribution in [0.15, 0.2) is 24.3 Å². The van der Waals surface area contributed by atoms with E-state index in [0.29, 0.717) is 5.69 Å². The third-order valence-electron chi connectivity index (χ3n) is 2.02. The fourth-order valence-electron chi connectivity index (χ4n) is 1.23. The van der Waals surface area contributed by atoms with E-state index in [2.05, 4.69) is 27.8 Å². The van der Waals surface area contributed by atoms with Crippen molar-refractivity contribution in [3.63, 3.8) is 0 Å². The Bertz CT molecular complexity index is 537. The number of rotatable bonds is 3. The van der Waals surface area contributed by atoms with E-state index in [4.69, 9.17) is 10.5 Å². The lowest BCUT2D eigenvalue weighted by Gasteiger charge is -2.18. The Morgan fingerprint density at radius 1 is 1.19 bits per heavy atom. The maximum Gasteiger partial charge on any atom is 0.516 e. The second-order valence-corrected chi connectivity index (χ2v) is 5.49. The van der Waals surface area contributed by atoms with Crippen molar-refractivity contribution in [3.05, 3.63) is 29.8 Å². The van der Waals surface area contributed by atoms with Crippen molar-refractivity contribution in [2.24, 2.45) is 5.73 Å². The van der Waals surface area contributed by atoms with Gasteiger partial charge < -0.3 is 15.2 Å². The number of nitrogens with one attached hydrogen (secondary N) is 2. The van der Waals surface area contributed by atoms with Gasteiger partial charge >= 0.3 is 12.1 Å². The number of ether oxygens (including phenoxy) is 2. The van der Waals surface area contributed by atoms with Crippen LogP contribution in [0, 0.1) is 0 Å². The molecular formula is C13H17N3O4S. The highest BCUT2D eigenvalue weighted by Gasteiger charge is 2.21. The molecule has 0 saturated carbocycles. The summed E-state index contributed by atoms with van der Waals surface area (Å²) in [6.45, 7) is 5.02. The van der Waals surface area contributed by atoms with Gasteiger partial charge in [0.05, 0.1) is 11.3 Å². The molecule has 0 aliphatic carbocycles. The minimum absolute atomic E-state index is 0.0865. The first kappa shape index (κ1) is 16.7. The van der Waals surface area contributed by atoms with Crippen LogP contribution in [0.25, 0.3) is 0 Å². The standard InChI is InChI=1S/C13H17N3O4S/c1-13(2,3)20-12(18)19-10(17)8-4-6-9(7-5-8)15-16-11(14)21/h4-7,15H,1-3H3,(H3,14,16,21). The average molecular weight is 311 g/mol. The molecule has 0 bridgehead atoms. The minimum Gasteiger partial charge on any atom is -0.428 e. The number of hydrazine groups is 1. The molecule has 1 rings (SSSR count). The van der Waals surface area contributed by atoms with Gasteiger partial charge in [-0.15, -0.1) is 0 Å². The smallest absolute Gasteiger partial charge is 0.428 e. The van der Waals surface area contributed by atoms with Crippen molar-refractivity contribution in [2.75, 3.05) is 5.43 Å². The van der Waals surface area contributed by atoms with E-state index >= 15 is 0 Å². The first-order chi connectivity index (χ1) is 9.67. The van der Waals surface area contributed by atoms with Crippen LogP contribution in [0.1, 0.15) is 31.1 Å². The highest BCUT2D eigenvalue weighted by molar-refractivity contribution is 7.80. The predicted octanol–water partition coefficient (Wildman–Crippen LogP) is 1.94. The van der Waals surface area contributed by atoms with Crippen molar-refractivity contribution < 1.29 is 19.1 Å². The molecule has 0 atom stereocenters. The molecule has 0 heterocycles. The molecular weight excluding hydrogens is 294 g/mol. The monoisotopic (exact) mass is 311 g/mol. The third-order valence-corrected chi connectivity index (χ3v) is 2.12. The fraction of sp³-hybridized carbons (Fsp3) is 0.308. The quantitative estimate of drug-likeness (QED) is 0.337. The first-order valence-corrected chi connectivity index (χ1v) is 6.45. The van der Waals surface area contributed by atoms with Crippen LogP contribution in [0.3, 0.4) is 0 Å². The number of thiocarbonyl (C=S) groups is 1. The molecule has 0 unspecified atom stereocenters. The Kier molecular flexibility index (Phi) is 5.48. The number of hydrogen-bond donors (Lipinski definition) is 3. The van der Waals surface area contributed by atoms with Crippen molar-refractivity contribution in [3.8, 4) is 0 Å². The normalized spacial score (nSPS) is 10.4. The van der Waals surface area contributed by atoms with Crippen molar-refractivity contribution in [1.29, 1.82) is 0 Å². The molecule has 0 radical (unpaired) electrons. The van der Waals surface area contributed by atoms with Gasteiger partial charge in [0.1, 0.15) is 5.60 Å². The summed E-state index contributed by atoms with van der Waals surface area (Å²) in [6, 6.07) is 6.15. The fourth-order valence-corrected chi connectivity index (χ4v) is 1.28. The van der Waals surface area contributed by atoms with Crippen LogP contribution in [0.5, 0.6) is 0 Å². The third kappa shape index (κ3) is 6.57. The number of benzene rings is 1. The van der Waals surface area contributed by atoms with Gasteiger partial charge in [-0.1, -0.05) is 0 Å². The highest BCUT2D eigenvalue weighted by atomic mass is 32.1. The predicted molar refractivity (Wildman–Crippen MR) is 81.6 cm³/mol. The number of anilines is 1. The molecule has 1 aromatic carbocycles. The van der Waals surface area contributed by atoms with Crippen LogP contribution in [0.4, 0.5) is 10.5 Å². The van der Waals surface area contributed by atoms with E-state index in [0.717, 1.165) is 0 Å². The summed E-state index contributed by atoms with van der Waals surface area (Å²) in [4.78, 5) is 23.1. The van der Waals surface area contributed by atoms with Gasteiger partial charge in [0.25, 0.3) is 0 Å². The van der Waals surface area contributed by atoms with E-state index in [-0.39, 0.29) is 10.7 Å². The average Bonchev–Trinajstić information content (AvgIpc) is 2.34. The van der Waals surface area contributed by atoms with Gasteiger partial charge in [0.15, 0.2) is 5.11 Å². The topological polar surface area (TPSA) is 103 Å². The van der Waals surface area contributed by atoms with Crippen molar-refractivity contribution >= 4 is 35.1 Å². The molecule has 114 valence electrons. The molecule has 21 heavy (non-hydrogen) atoms. The molecule has 7 nitrogen and oxygen atoms in total. The minimum atomic E-state index is -1.04. The number of esters is 1. The first-order valence-electron chi connectivity index (χ1n) is 6.04. The number of carbonyl (C=O) groups is 2. The van der Waals surface area contributed by atoms with Gasteiger partial charge in [-0.25, -0.2) is 9.59 Å². The number of carbonyl (C=O) groups excluding carboxylic acids is 2. The Morgan fingerprint density at radius 2 is 1.76 bits per heavy atom. The summed E-state index contributed by atoms with van der Waals surface area (Å²) in [7, 11) is 0. The summed E-state index contributed by atoms with van der Waals surface area (Å²) in [5.74, 6) is -0.793. The van der Waals surface area contributed by atoms with Gasteiger partial charge in [-0.05, 0) is 57.3 Å². The van der Waals surface area contributed by atoms with Crippen LogP contribution in [0.2, 0.25) is 0 Å². The lowest BCUT2D eigenvalue weighted by Crippen LogP contribution is -2.33. The van der Waals surface area contributed by atoms with Gasteiger partial charge in [0, 0.05) is 0 Å². The second-order valence-electron chi connectivity index (χ2n) is 5.05. The Morgan fingerprint density at radius 3 is 2.24 bits per heavy atom. The highest BCUT2D eigenvalue weighted by Crippen LogP contribution is 2.12. The molecule has 0 spiro atoms. The van der Waals surface area contributed by atoms with Gasteiger partial charge in [-0.3, -0.25) is 10.9 Å². The molecule has 1 aromatic rings. The largest absolute Gasteiger partial charge is 0.516 e. The van der Waals surface area contributed by atoms with E-state index in [1.165, 1.54) is 12.1 Å². The zero-order valence-corrected chi connectivity index (χ0v) is 12.7. The summed E-state index contributed by atoms with van der Waals surface area (Å²) in [6.07, 6.45) is -1.04. The maximum absolute atomic E-state index is 11.7. The van der Waals surface area contributed by atoms with Crippen LogP contribution < -0.4 is 16.6 Å². The summed E-state index contributed by atoms with van der Waals surface area (Å²) in [5.41, 5.74) is 10.6. The van der Waals surface area contributed by atoms with Gasteiger partial charge in [0.2, 0.25) is 0 Å². The number of hydrogen-bond acceptors (Lipinski definition) is 6. The molecule has 0 aliphatic heterocycles. The maximum atomic E-state index is 11.7. The van der Waals surface area contributed by atoms with Gasteiger partial charge in [-0.2, -0.15) is 0 Å². The number of nitrogens with two attached hydrogens (primary N) is 1. The second kappa shape index (κ2) is 6.89. The lowest BCUT2D eigenvalue weighted by atomic mass is 10.2. The Balaban J connectivity index is 2.59. The SMILES string of the molecule is CC(C)(C)OC(=O)OC(=O)c1ccc(NNC(N)=S)cc1. The summed E-state index contributed by atoms with van der Waals surface area (Å²) in [5, 5.41) is 0.0865. The van der Waals surface area contributed by atoms with E-state index in [9.17, 15) is 9.59 Å². The van der Waals surface area contributed by atoms with E-state index in [1.807, 2.05) is 0 Å². The zero-order chi connectivity index (χ0) is 16.0. The molecule has 0 saturated heterocycles. The van der Waals surface area contributed by atoms with E-state index in [1.54, 1.807) is 32.9 Å². The lowest BCUT2D eigenvalue weighted by molar-refractivity contribution is -0.00154. The molecule has 0 amide bonds. The Hall–Kier alpha value is -2.35. The Labute approximate surface area is 127 Å². The van der Waals surface area contributed by atoms with E-state index < -0.39 is 17.7 Å². The molecule has 0 aromatic heterocycles. The zero-order valence-electron chi connectivity index (χ0n) is 11.9. The molecule has 0 aliphatic rings. The molecule has 8 heteroatoms.